The van der Waals surface area contributed by atoms with Gasteiger partial charge in [-0.2, -0.15) is 28.1 Å². The largest absolute Gasteiger partial charge is 0.471 e. The zero-order valence-corrected chi connectivity index (χ0v) is 17.6. The number of amides is 1. The van der Waals surface area contributed by atoms with Gasteiger partial charge in [-0.05, 0) is 24.3 Å². The molecule has 0 aliphatic carbocycles. The number of carbonyl (C=O) groups is 1. The van der Waals surface area contributed by atoms with E-state index in [1.54, 1.807) is 17.0 Å². The summed E-state index contributed by atoms with van der Waals surface area (Å²) in [4.78, 5) is 25.6. The summed E-state index contributed by atoms with van der Waals surface area (Å²) in [6.07, 6.45) is -1.87. The molecule has 1 aliphatic rings. The van der Waals surface area contributed by atoms with Gasteiger partial charge in [0.15, 0.2) is 5.69 Å². The molecule has 174 valence electrons. The van der Waals surface area contributed by atoms with Crippen molar-refractivity contribution in [3.05, 3.63) is 66.4 Å². The van der Waals surface area contributed by atoms with Crippen LogP contribution in [0.4, 0.5) is 19.0 Å². The van der Waals surface area contributed by atoms with Gasteiger partial charge >= 0.3 is 12.1 Å². The fourth-order valence-corrected chi connectivity index (χ4v) is 3.51. The van der Waals surface area contributed by atoms with Crippen LogP contribution in [0, 0.1) is 0 Å². The Kier molecular flexibility index (Phi) is 5.43. The van der Waals surface area contributed by atoms with Crippen molar-refractivity contribution < 1.29 is 22.5 Å². The third-order valence-electron chi connectivity index (χ3n) is 5.26. The molecule has 4 heterocycles. The van der Waals surface area contributed by atoms with Crippen LogP contribution in [0.5, 0.6) is 0 Å². The van der Waals surface area contributed by atoms with Crippen LogP contribution in [0.25, 0.3) is 17.1 Å². The van der Waals surface area contributed by atoms with Gasteiger partial charge in [0.05, 0.1) is 11.9 Å². The van der Waals surface area contributed by atoms with Crippen LogP contribution in [-0.4, -0.2) is 67.1 Å². The number of para-hydroxylation sites is 1. The minimum atomic E-state index is -4.70. The number of nitrogens with zero attached hydrogens (tertiary/aromatic N) is 8. The molecule has 0 atom stereocenters. The average molecular weight is 470 g/mol. The van der Waals surface area contributed by atoms with Crippen molar-refractivity contribution in [1.82, 2.24) is 35.0 Å². The number of hydrogen-bond acceptors (Lipinski definition) is 8. The maximum atomic E-state index is 12.8. The third kappa shape index (κ3) is 4.31. The molecular weight excluding hydrogens is 453 g/mol. The number of halogens is 3. The molecule has 0 N–H and O–H groups in total. The highest BCUT2D eigenvalue weighted by atomic mass is 19.4. The van der Waals surface area contributed by atoms with E-state index in [1.807, 2.05) is 35.2 Å². The molecule has 0 bridgehead atoms. The molecule has 5 rings (SSSR count). The van der Waals surface area contributed by atoms with Crippen molar-refractivity contribution in [3.8, 4) is 17.1 Å². The van der Waals surface area contributed by atoms with Crippen molar-refractivity contribution in [2.45, 2.75) is 6.18 Å². The van der Waals surface area contributed by atoms with E-state index in [2.05, 4.69) is 29.8 Å². The van der Waals surface area contributed by atoms with Crippen molar-refractivity contribution in [3.63, 3.8) is 0 Å². The minimum Gasteiger partial charge on any atom is -0.353 e. The summed E-state index contributed by atoms with van der Waals surface area (Å²) in [7, 11) is 0. The Hall–Kier alpha value is -4.29. The highest BCUT2D eigenvalue weighted by Crippen LogP contribution is 2.29. The van der Waals surface area contributed by atoms with E-state index in [4.69, 9.17) is 0 Å². The average Bonchev–Trinajstić information content (AvgIpc) is 3.55. The van der Waals surface area contributed by atoms with E-state index < -0.39 is 12.1 Å². The summed E-state index contributed by atoms with van der Waals surface area (Å²) in [5.74, 6) is -1.17. The number of carbonyl (C=O) groups excluding carboxylic acids is 1. The molecule has 34 heavy (non-hydrogen) atoms. The molecule has 1 amide bonds. The fourth-order valence-electron chi connectivity index (χ4n) is 3.51. The van der Waals surface area contributed by atoms with Crippen molar-refractivity contribution in [2.75, 3.05) is 31.1 Å². The van der Waals surface area contributed by atoms with Crippen molar-refractivity contribution >= 4 is 11.7 Å². The standard InChI is InChI=1S/C21H17F3N8O2/c22-21(23,24)20-27-18(29-34-20)14-6-7-17(25-12-14)30-8-10-31(11-9-30)19(33)16-13-26-32(28-16)15-4-2-1-3-5-15/h1-7,12-13H,8-11H2. The lowest BCUT2D eigenvalue weighted by atomic mass is 10.2. The number of alkyl halides is 3. The van der Waals surface area contributed by atoms with Crippen molar-refractivity contribution in [1.29, 1.82) is 0 Å². The molecule has 13 heteroatoms. The van der Waals surface area contributed by atoms with Crippen LogP contribution < -0.4 is 4.90 Å². The predicted octanol–water partition coefficient (Wildman–Crippen LogP) is 2.69. The van der Waals surface area contributed by atoms with E-state index in [0.717, 1.165) is 5.69 Å². The molecule has 0 spiro atoms. The fraction of sp³-hybridized carbons (Fsp3) is 0.238. The zero-order valence-electron chi connectivity index (χ0n) is 17.6. The number of benzene rings is 1. The van der Waals surface area contributed by atoms with Gasteiger partial charge in [0.25, 0.3) is 5.91 Å². The lowest BCUT2D eigenvalue weighted by Gasteiger charge is -2.35. The van der Waals surface area contributed by atoms with Gasteiger partial charge in [0, 0.05) is 37.9 Å². The maximum absolute atomic E-state index is 12.8. The van der Waals surface area contributed by atoms with Crippen molar-refractivity contribution in [2.24, 2.45) is 0 Å². The Morgan fingerprint density at radius 1 is 0.971 bits per heavy atom. The number of hydrogen-bond donors (Lipinski definition) is 0. The molecule has 1 fully saturated rings. The third-order valence-corrected chi connectivity index (χ3v) is 5.26. The first-order valence-corrected chi connectivity index (χ1v) is 10.3. The van der Waals surface area contributed by atoms with Crippen LogP contribution in [0.3, 0.4) is 0 Å². The Morgan fingerprint density at radius 2 is 1.74 bits per heavy atom. The quantitative estimate of drug-likeness (QED) is 0.448. The SMILES string of the molecule is O=C(c1cnn(-c2ccccc2)n1)N1CCN(c2ccc(-c3noc(C(F)(F)F)n3)cn2)CC1. The van der Waals surface area contributed by atoms with E-state index in [-0.39, 0.29) is 17.4 Å². The summed E-state index contributed by atoms with van der Waals surface area (Å²) >= 11 is 0. The molecule has 3 aromatic heterocycles. The lowest BCUT2D eigenvalue weighted by Crippen LogP contribution is -2.49. The highest BCUT2D eigenvalue weighted by molar-refractivity contribution is 5.92. The monoisotopic (exact) mass is 470 g/mol. The second-order valence-corrected chi connectivity index (χ2v) is 7.46. The first-order chi connectivity index (χ1) is 16.4. The molecular formula is C21H17F3N8O2. The number of anilines is 1. The molecule has 0 radical (unpaired) electrons. The normalized spacial score (nSPS) is 14.4. The minimum absolute atomic E-state index is 0.189. The zero-order chi connectivity index (χ0) is 23.7. The number of rotatable bonds is 4. The van der Waals surface area contributed by atoms with Crippen LogP contribution in [-0.2, 0) is 6.18 Å². The van der Waals surface area contributed by atoms with E-state index in [1.165, 1.54) is 17.2 Å². The molecule has 4 aromatic rings. The van der Waals surface area contributed by atoms with Gasteiger partial charge in [-0.3, -0.25) is 4.79 Å². The predicted molar refractivity (Wildman–Crippen MR) is 112 cm³/mol. The smallest absolute Gasteiger partial charge is 0.353 e. The first kappa shape index (κ1) is 21.6. The van der Waals surface area contributed by atoms with Gasteiger partial charge in [-0.15, -0.1) is 5.10 Å². The van der Waals surface area contributed by atoms with Crippen LogP contribution in [0.2, 0.25) is 0 Å². The van der Waals surface area contributed by atoms with Gasteiger partial charge in [0.1, 0.15) is 5.82 Å². The van der Waals surface area contributed by atoms with Gasteiger partial charge in [0.2, 0.25) is 5.82 Å². The van der Waals surface area contributed by atoms with E-state index >= 15 is 0 Å². The molecule has 0 saturated carbocycles. The first-order valence-electron chi connectivity index (χ1n) is 10.3. The van der Waals surface area contributed by atoms with Crippen LogP contribution >= 0.6 is 0 Å². The Balaban J connectivity index is 1.20. The summed E-state index contributed by atoms with van der Waals surface area (Å²) in [6, 6.07) is 12.5. The second kappa shape index (κ2) is 8.57. The topological polar surface area (TPSA) is 106 Å². The van der Waals surface area contributed by atoms with Crippen LogP contribution in [0.15, 0.2) is 59.4 Å². The number of aromatic nitrogens is 6. The van der Waals surface area contributed by atoms with Gasteiger partial charge in [-0.25, -0.2) is 4.98 Å². The molecule has 0 unspecified atom stereocenters. The number of piperazine rings is 1. The molecule has 1 aliphatic heterocycles. The van der Waals surface area contributed by atoms with E-state index in [0.29, 0.717) is 37.6 Å². The number of pyridine rings is 1. The van der Waals surface area contributed by atoms with E-state index in [9.17, 15) is 18.0 Å². The van der Waals surface area contributed by atoms with Crippen LogP contribution in [0.1, 0.15) is 16.4 Å². The molecule has 1 aromatic carbocycles. The summed E-state index contributed by atoms with van der Waals surface area (Å²) in [5.41, 5.74) is 1.33. The molecule has 1 saturated heterocycles. The highest BCUT2D eigenvalue weighted by Gasteiger charge is 2.38. The summed E-state index contributed by atoms with van der Waals surface area (Å²) in [5, 5.41) is 11.8. The Morgan fingerprint density at radius 3 is 2.38 bits per heavy atom. The molecule has 10 nitrogen and oxygen atoms in total. The maximum Gasteiger partial charge on any atom is 0.471 e. The Labute approximate surface area is 190 Å². The lowest BCUT2D eigenvalue weighted by molar-refractivity contribution is -0.159. The summed E-state index contributed by atoms with van der Waals surface area (Å²) in [6.45, 7) is 1.98. The van der Waals surface area contributed by atoms with Gasteiger partial charge in [-0.1, -0.05) is 23.4 Å². The Bertz CT molecular complexity index is 1280. The second-order valence-electron chi connectivity index (χ2n) is 7.46. The summed E-state index contributed by atoms with van der Waals surface area (Å²) < 4.78 is 42.2. The van der Waals surface area contributed by atoms with Gasteiger partial charge < -0.3 is 14.3 Å².